The molecule has 0 bridgehead atoms. The number of carboxylic acids is 1. The van der Waals surface area contributed by atoms with Crippen LogP contribution in [-0.4, -0.2) is 23.7 Å². The van der Waals surface area contributed by atoms with Crippen molar-refractivity contribution in [1.29, 1.82) is 0 Å². The van der Waals surface area contributed by atoms with Gasteiger partial charge in [-0.15, -0.1) is 0 Å². The predicted molar refractivity (Wildman–Crippen MR) is 90.0 cm³/mol. The molecule has 0 fully saturated rings. The van der Waals surface area contributed by atoms with Gasteiger partial charge in [0.05, 0.1) is 17.7 Å². The largest absolute Gasteiger partial charge is 0.478 e. The van der Waals surface area contributed by atoms with Gasteiger partial charge in [-0.3, -0.25) is 0 Å². The van der Waals surface area contributed by atoms with E-state index in [4.69, 9.17) is 4.74 Å². The van der Waals surface area contributed by atoms with Gasteiger partial charge in [-0.2, -0.15) is 0 Å². The van der Waals surface area contributed by atoms with Crippen molar-refractivity contribution in [3.05, 3.63) is 32.4 Å². The van der Waals surface area contributed by atoms with Crippen LogP contribution in [0, 0.1) is 3.57 Å². The maximum absolute atomic E-state index is 12.1. The summed E-state index contributed by atoms with van der Waals surface area (Å²) >= 11 is 2.10. The number of hydrogen-bond acceptors (Lipinski definition) is 3. The van der Waals surface area contributed by atoms with Crippen molar-refractivity contribution >= 4 is 34.5 Å². The van der Waals surface area contributed by atoms with E-state index in [1.54, 1.807) is 6.07 Å². The lowest BCUT2D eigenvalue weighted by Gasteiger charge is -2.24. The Balaban J connectivity index is 3.34. The maximum atomic E-state index is 12.1. The molecule has 1 rings (SSSR count). The number of ether oxygens (including phenoxy) is 1. The van der Waals surface area contributed by atoms with Gasteiger partial charge in [0.1, 0.15) is 0 Å². The highest BCUT2D eigenvalue weighted by Crippen LogP contribution is 2.32. The summed E-state index contributed by atoms with van der Waals surface area (Å²) in [6.07, 6.45) is 1.68. The molecule has 116 valence electrons. The molecule has 1 aromatic rings. The van der Waals surface area contributed by atoms with E-state index >= 15 is 0 Å². The highest BCUT2D eigenvalue weighted by atomic mass is 127. The fourth-order valence-corrected chi connectivity index (χ4v) is 3.35. The number of benzene rings is 1. The first-order valence-corrected chi connectivity index (χ1v) is 8.01. The monoisotopic (exact) mass is 404 g/mol. The minimum absolute atomic E-state index is 0.0518. The molecule has 4 nitrogen and oxygen atoms in total. The van der Waals surface area contributed by atoms with Crippen molar-refractivity contribution in [2.45, 2.75) is 46.0 Å². The molecule has 0 aliphatic carbocycles. The SMILES string of the molecule is CCCCOC(=O)c1ccc(I)c(C(C)(C)C)c1C(=O)O. The van der Waals surface area contributed by atoms with Gasteiger partial charge in [-0.1, -0.05) is 34.1 Å². The van der Waals surface area contributed by atoms with Gasteiger partial charge in [0.2, 0.25) is 0 Å². The first-order valence-electron chi connectivity index (χ1n) is 6.93. The van der Waals surface area contributed by atoms with E-state index in [9.17, 15) is 14.7 Å². The number of aromatic carboxylic acids is 1. The van der Waals surface area contributed by atoms with Crippen LogP contribution in [0.25, 0.3) is 0 Å². The number of carbonyl (C=O) groups excluding carboxylic acids is 1. The zero-order valence-corrected chi connectivity index (χ0v) is 15.0. The van der Waals surface area contributed by atoms with Crippen LogP contribution in [0.5, 0.6) is 0 Å². The quantitative estimate of drug-likeness (QED) is 0.453. The summed E-state index contributed by atoms with van der Waals surface area (Å²) in [6.45, 7) is 8.11. The summed E-state index contributed by atoms with van der Waals surface area (Å²) in [5, 5.41) is 9.54. The zero-order valence-electron chi connectivity index (χ0n) is 12.8. The molecule has 0 atom stereocenters. The van der Waals surface area contributed by atoms with E-state index in [0.29, 0.717) is 12.2 Å². The number of halogens is 1. The Kier molecular flexibility index (Phi) is 6.19. The normalized spacial score (nSPS) is 11.3. The lowest BCUT2D eigenvalue weighted by atomic mass is 9.82. The van der Waals surface area contributed by atoms with Gasteiger partial charge < -0.3 is 9.84 Å². The van der Waals surface area contributed by atoms with E-state index in [1.807, 2.05) is 27.7 Å². The van der Waals surface area contributed by atoms with Crippen molar-refractivity contribution in [3.8, 4) is 0 Å². The second-order valence-corrected chi connectivity index (χ2v) is 7.05. The van der Waals surface area contributed by atoms with Crippen LogP contribution in [0.2, 0.25) is 0 Å². The molecule has 1 aromatic carbocycles. The van der Waals surface area contributed by atoms with Crippen molar-refractivity contribution < 1.29 is 19.4 Å². The number of unbranched alkanes of at least 4 members (excludes halogenated alkanes) is 1. The highest BCUT2D eigenvalue weighted by molar-refractivity contribution is 14.1. The van der Waals surface area contributed by atoms with E-state index in [1.165, 1.54) is 6.07 Å². The molecule has 21 heavy (non-hydrogen) atoms. The summed E-state index contributed by atoms with van der Waals surface area (Å²) in [5.74, 6) is -1.66. The van der Waals surface area contributed by atoms with Crippen molar-refractivity contribution in [2.24, 2.45) is 0 Å². The van der Waals surface area contributed by atoms with Crippen molar-refractivity contribution in [1.82, 2.24) is 0 Å². The first-order chi connectivity index (χ1) is 9.70. The third-order valence-electron chi connectivity index (χ3n) is 3.07. The van der Waals surface area contributed by atoms with Crippen LogP contribution in [0.4, 0.5) is 0 Å². The Hall–Kier alpha value is -1.11. The minimum Gasteiger partial charge on any atom is -0.478 e. The third kappa shape index (κ3) is 4.43. The summed E-state index contributed by atoms with van der Waals surface area (Å²) in [4.78, 5) is 23.8. The molecule has 0 aromatic heterocycles. The lowest BCUT2D eigenvalue weighted by Crippen LogP contribution is -2.23. The predicted octanol–water partition coefficient (Wildman–Crippen LogP) is 4.24. The number of hydrogen-bond donors (Lipinski definition) is 1. The summed E-state index contributed by atoms with van der Waals surface area (Å²) in [5.41, 5.74) is 0.477. The zero-order chi connectivity index (χ0) is 16.2. The van der Waals surface area contributed by atoms with Crippen molar-refractivity contribution in [2.75, 3.05) is 6.61 Å². The second-order valence-electron chi connectivity index (χ2n) is 5.89. The molecule has 1 N–H and O–H groups in total. The molecule has 0 unspecified atom stereocenters. The van der Waals surface area contributed by atoms with Crippen LogP contribution in [0.1, 0.15) is 66.8 Å². The number of rotatable bonds is 5. The first kappa shape index (κ1) is 17.9. The fourth-order valence-electron chi connectivity index (χ4n) is 2.09. The average molecular weight is 404 g/mol. The molecule has 5 heteroatoms. The third-order valence-corrected chi connectivity index (χ3v) is 3.97. The van der Waals surface area contributed by atoms with E-state index < -0.39 is 11.9 Å². The molecule has 0 saturated heterocycles. The minimum atomic E-state index is -1.10. The molecule has 0 amide bonds. The average Bonchev–Trinajstić information content (AvgIpc) is 2.36. The summed E-state index contributed by atoms with van der Waals surface area (Å²) < 4.78 is 6.00. The number of esters is 1. The lowest BCUT2D eigenvalue weighted by molar-refractivity contribution is 0.0488. The van der Waals surface area contributed by atoms with Gasteiger partial charge >= 0.3 is 11.9 Å². The van der Waals surface area contributed by atoms with E-state index in [2.05, 4.69) is 22.6 Å². The Morgan fingerprint density at radius 1 is 1.29 bits per heavy atom. The maximum Gasteiger partial charge on any atom is 0.339 e. The molecule has 0 aliphatic heterocycles. The molecule has 0 radical (unpaired) electrons. The molecule has 0 spiro atoms. The molecule has 0 saturated carbocycles. The number of carbonyl (C=O) groups is 2. The van der Waals surface area contributed by atoms with Crippen LogP contribution in [-0.2, 0) is 10.2 Å². The van der Waals surface area contributed by atoms with Crippen LogP contribution in [0.15, 0.2) is 12.1 Å². The van der Waals surface area contributed by atoms with Gasteiger partial charge in [0.15, 0.2) is 0 Å². The van der Waals surface area contributed by atoms with Crippen LogP contribution < -0.4 is 0 Å². The number of carboxylic acid groups (broad SMARTS) is 1. The van der Waals surface area contributed by atoms with Gasteiger partial charge in [-0.05, 0) is 52.1 Å². The van der Waals surface area contributed by atoms with E-state index in [-0.39, 0.29) is 16.5 Å². The smallest absolute Gasteiger partial charge is 0.339 e. The van der Waals surface area contributed by atoms with Gasteiger partial charge in [-0.25, -0.2) is 9.59 Å². The Morgan fingerprint density at radius 2 is 1.90 bits per heavy atom. The Labute approximate surface area is 139 Å². The Bertz CT molecular complexity index is 544. The standard InChI is InChI=1S/C16H21IO4/c1-5-6-9-21-15(20)10-7-8-11(17)13(16(2,3)4)12(10)14(18)19/h7-8H,5-6,9H2,1-4H3,(H,18,19). The summed E-state index contributed by atoms with van der Waals surface area (Å²) in [7, 11) is 0. The van der Waals surface area contributed by atoms with Gasteiger partial charge in [0, 0.05) is 3.57 Å². The summed E-state index contributed by atoms with van der Waals surface area (Å²) in [6, 6.07) is 3.30. The molecular formula is C16H21IO4. The molecular weight excluding hydrogens is 383 g/mol. The van der Waals surface area contributed by atoms with Gasteiger partial charge in [0.25, 0.3) is 0 Å². The highest BCUT2D eigenvalue weighted by Gasteiger charge is 2.29. The van der Waals surface area contributed by atoms with Crippen LogP contribution >= 0.6 is 22.6 Å². The van der Waals surface area contributed by atoms with Crippen LogP contribution in [0.3, 0.4) is 0 Å². The Morgan fingerprint density at radius 3 is 2.38 bits per heavy atom. The van der Waals surface area contributed by atoms with E-state index in [0.717, 1.165) is 16.4 Å². The molecule has 0 aliphatic rings. The second kappa shape index (κ2) is 7.24. The van der Waals surface area contributed by atoms with Crippen molar-refractivity contribution in [3.63, 3.8) is 0 Å². The topological polar surface area (TPSA) is 63.6 Å². The fraction of sp³-hybridized carbons (Fsp3) is 0.500. The molecule has 0 heterocycles.